The highest BCUT2D eigenvalue weighted by Gasteiger charge is 2.08. The van der Waals surface area contributed by atoms with E-state index in [2.05, 4.69) is 22.3 Å². The van der Waals surface area contributed by atoms with Gasteiger partial charge in [0, 0.05) is 0 Å². The maximum absolute atomic E-state index is 5.66. The van der Waals surface area contributed by atoms with Gasteiger partial charge in [0.25, 0.3) is 0 Å². The lowest BCUT2D eigenvalue weighted by molar-refractivity contribution is 0.290. The molecule has 96 valence electrons. The fourth-order valence-electron chi connectivity index (χ4n) is 1.58. The first-order chi connectivity index (χ1) is 8.19. The summed E-state index contributed by atoms with van der Waals surface area (Å²) in [6.07, 6.45) is 4.73. The predicted molar refractivity (Wildman–Crippen MR) is 69.0 cm³/mol. The molecule has 0 unspecified atom stereocenters. The number of nitrogens with one attached hydrogen (secondary N) is 1. The number of anilines is 1. The van der Waals surface area contributed by atoms with E-state index in [1.165, 1.54) is 19.3 Å². The van der Waals surface area contributed by atoms with E-state index in [1.807, 2.05) is 13.8 Å². The molecule has 1 aromatic heterocycles. The molecule has 3 N–H and O–H groups in total. The summed E-state index contributed by atoms with van der Waals surface area (Å²) >= 11 is 0. The van der Waals surface area contributed by atoms with Gasteiger partial charge in [-0.15, -0.1) is 0 Å². The summed E-state index contributed by atoms with van der Waals surface area (Å²) in [5.74, 6) is 7.30. The minimum atomic E-state index is 0.626. The van der Waals surface area contributed by atoms with Crippen molar-refractivity contribution in [2.75, 3.05) is 12.0 Å². The van der Waals surface area contributed by atoms with Crippen LogP contribution in [0.3, 0.4) is 0 Å². The molecule has 0 aliphatic carbocycles. The number of nitrogens with zero attached hydrogens (tertiary/aromatic N) is 2. The van der Waals surface area contributed by atoms with Crippen LogP contribution in [0.5, 0.6) is 5.88 Å². The zero-order valence-electron chi connectivity index (χ0n) is 10.9. The Morgan fingerprint density at radius 2 is 1.94 bits per heavy atom. The second-order valence-corrected chi connectivity index (χ2v) is 4.10. The van der Waals surface area contributed by atoms with Crippen molar-refractivity contribution >= 4 is 5.82 Å². The zero-order chi connectivity index (χ0) is 12.7. The smallest absolute Gasteiger partial charge is 0.221 e. The summed E-state index contributed by atoms with van der Waals surface area (Å²) in [4.78, 5) is 8.45. The summed E-state index contributed by atoms with van der Waals surface area (Å²) < 4.78 is 5.66. The third-order valence-corrected chi connectivity index (χ3v) is 2.59. The highest BCUT2D eigenvalue weighted by atomic mass is 16.5. The van der Waals surface area contributed by atoms with Crippen LogP contribution in [-0.2, 0) is 0 Å². The number of hydrogen-bond acceptors (Lipinski definition) is 5. The molecular formula is C12H22N4O. The first kappa shape index (κ1) is 13.7. The number of ether oxygens (including phenoxy) is 1. The SMILES string of the molecule is CCCCCCOc1nc(C)nc(NN)c1C. The van der Waals surface area contributed by atoms with Crippen molar-refractivity contribution in [1.82, 2.24) is 9.97 Å². The first-order valence-corrected chi connectivity index (χ1v) is 6.13. The quantitative estimate of drug-likeness (QED) is 0.433. The van der Waals surface area contributed by atoms with Gasteiger partial charge in [-0.05, 0) is 20.3 Å². The second kappa shape index (κ2) is 7.06. The van der Waals surface area contributed by atoms with E-state index in [4.69, 9.17) is 10.6 Å². The van der Waals surface area contributed by atoms with Crippen LogP contribution in [0.2, 0.25) is 0 Å². The zero-order valence-corrected chi connectivity index (χ0v) is 10.9. The third kappa shape index (κ3) is 4.19. The van der Waals surface area contributed by atoms with Crippen LogP contribution >= 0.6 is 0 Å². The summed E-state index contributed by atoms with van der Waals surface area (Å²) in [6.45, 7) is 6.61. The van der Waals surface area contributed by atoms with Crippen molar-refractivity contribution in [1.29, 1.82) is 0 Å². The van der Waals surface area contributed by atoms with Gasteiger partial charge in [0.05, 0.1) is 12.2 Å². The molecule has 0 radical (unpaired) electrons. The van der Waals surface area contributed by atoms with Gasteiger partial charge in [-0.1, -0.05) is 26.2 Å². The highest BCUT2D eigenvalue weighted by molar-refractivity contribution is 5.47. The van der Waals surface area contributed by atoms with Crippen molar-refractivity contribution in [3.8, 4) is 5.88 Å². The molecule has 0 fully saturated rings. The van der Waals surface area contributed by atoms with E-state index in [-0.39, 0.29) is 0 Å². The largest absolute Gasteiger partial charge is 0.477 e. The van der Waals surface area contributed by atoms with Crippen molar-refractivity contribution < 1.29 is 4.74 Å². The Labute approximate surface area is 103 Å². The van der Waals surface area contributed by atoms with Gasteiger partial charge < -0.3 is 10.2 Å². The average Bonchev–Trinajstić information content (AvgIpc) is 2.32. The van der Waals surface area contributed by atoms with Crippen LogP contribution in [0.1, 0.15) is 44.0 Å². The van der Waals surface area contributed by atoms with Crippen LogP contribution in [0.15, 0.2) is 0 Å². The van der Waals surface area contributed by atoms with E-state index in [9.17, 15) is 0 Å². The van der Waals surface area contributed by atoms with Crippen LogP contribution in [0.4, 0.5) is 5.82 Å². The maximum Gasteiger partial charge on any atom is 0.221 e. The van der Waals surface area contributed by atoms with E-state index < -0.39 is 0 Å². The molecule has 5 nitrogen and oxygen atoms in total. The standard InChI is InChI=1S/C12H22N4O/c1-4-5-6-7-8-17-12-9(2)11(16-13)14-10(3)15-12/h4-8,13H2,1-3H3,(H,14,15,16). The second-order valence-electron chi connectivity index (χ2n) is 4.10. The maximum atomic E-state index is 5.66. The van der Waals surface area contributed by atoms with Crippen LogP contribution in [-0.4, -0.2) is 16.6 Å². The third-order valence-electron chi connectivity index (χ3n) is 2.59. The summed E-state index contributed by atoms with van der Waals surface area (Å²) in [6, 6.07) is 0. The molecule has 5 heteroatoms. The fraction of sp³-hybridized carbons (Fsp3) is 0.667. The monoisotopic (exact) mass is 238 g/mol. The topological polar surface area (TPSA) is 73.1 Å². The summed E-state index contributed by atoms with van der Waals surface area (Å²) in [5.41, 5.74) is 3.41. The molecule has 0 saturated carbocycles. The van der Waals surface area contributed by atoms with Gasteiger partial charge in [0.15, 0.2) is 0 Å². The first-order valence-electron chi connectivity index (χ1n) is 6.13. The van der Waals surface area contributed by atoms with Gasteiger partial charge in [-0.2, -0.15) is 4.98 Å². The molecule has 0 saturated heterocycles. The van der Waals surface area contributed by atoms with Crippen LogP contribution < -0.4 is 16.0 Å². The van der Waals surface area contributed by atoms with Gasteiger partial charge >= 0.3 is 0 Å². The number of aromatic nitrogens is 2. The summed E-state index contributed by atoms with van der Waals surface area (Å²) in [5, 5.41) is 0. The number of nitrogen functional groups attached to an aromatic ring is 1. The average molecular weight is 238 g/mol. The van der Waals surface area contributed by atoms with Gasteiger partial charge in [0.2, 0.25) is 5.88 Å². The van der Waals surface area contributed by atoms with Gasteiger partial charge in [0.1, 0.15) is 11.6 Å². The number of nitrogens with two attached hydrogens (primary N) is 1. The Hall–Kier alpha value is -1.36. The molecule has 1 heterocycles. The number of aryl methyl sites for hydroxylation is 1. The lowest BCUT2D eigenvalue weighted by atomic mass is 10.2. The minimum absolute atomic E-state index is 0.626. The molecule has 0 spiro atoms. The molecule has 17 heavy (non-hydrogen) atoms. The Morgan fingerprint density at radius 3 is 2.59 bits per heavy atom. The molecule has 1 aromatic rings. The van der Waals surface area contributed by atoms with E-state index >= 15 is 0 Å². The normalized spacial score (nSPS) is 10.4. The summed E-state index contributed by atoms with van der Waals surface area (Å²) in [7, 11) is 0. The predicted octanol–water partition coefficient (Wildman–Crippen LogP) is 2.34. The Morgan fingerprint density at radius 1 is 1.18 bits per heavy atom. The molecule has 0 atom stereocenters. The molecule has 0 amide bonds. The van der Waals surface area contributed by atoms with Gasteiger partial charge in [-0.25, -0.2) is 10.8 Å². The number of unbranched alkanes of at least 4 members (excludes halogenated alkanes) is 3. The van der Waals surface area contributed by atoms with Crippen LogP contribution in [0.25, 0.3) is 0 Å². The molecule has 0 aliphatic rings. The Balaban J connectivity index is 2.55. The van der Waals surface area contributed by atoms with Crippen molar-refractivity contribution in [3.63, 3.8) is 0 Å². The lowest BCUT2D eigenvalue weighted by Gasteiger charge is -2.11. The molecular weight excluding hydrogens is 216 g/mol. The van der Waals surface area contributed by atoms with Crippen molar-refractivity contribution in [3.05, 3.63) is 11.4 Å². The number of hydrogen-bond donors (Lipinski definition) is 2. The lowest BCUT2D eigenvalue weighted by Crippen LogP contribution is -2.13. The molecule has 0 aromatic carbocycles. The van der Waals surface area contributed by atoms with E-state index in [0.717, 1.165) is 12.0 Å². The van der Waals surface area contributed by atoms with E-state index in [0.29, 0.717) is 24.1 Å². The van der Waals surface area contributed by atoms with Crippen LogP contribution in [0, 0.1) is 13.8 Å². The molecule has 0 bridgehead atoms. The fourth-order valence-corrected chi connectivity index (χ4v) is 1.58. The minimum Gasteiger partial charge on any atom is -0.477 e. The number of rotatable bonds is 7. The van der Waals surface area contributed by atoms with Crippen molar-refractivity contribution in [2.24, 2.45) is 5.84 Å². The highest BCUT2D eigenvalue weighted by Crippen LogP contribution is 2.21. The number of hydrazine groups is 1. The molecule has 1 rings (SSSR count). The van der Waals surface area contributed by atoms with E-state index in [1.54, 1.807) is 0 Å². The molecule has 0 aliphatic heterocycles. The Kier molecular flexibility index (Phi) is 5.69. The van der Waals surface area contributed by atoms with Gasteiger partial charge in [-0.3, -0.25) is 0 Å². The Bertz CT molecular complexity index is 355. The van der Waals surface area contributed by atoms with Crippen molar-refractivity contribution in [2.45, 2.75) is 46.5 Å².